The first-order valence-corrected chi connectivity index (χ1v) is 7.69. The maximum absolute atomic E-state index is 14.0. The van der Waals surface area contributed by atoms with Gasteiger partial charge in [0, 0.05) is 5.56 Å². The van der Waals surface area contributed by atoms with E-state index in [0.29, 0.717) is 22.7 Å². The van der Waals surface area contributed by atoms with Gasteiger partial charge in [0.25, 0.3) is 0 Å². The summed E-state index contributed by atoms with van der Waals surface area (Å²) in [6.45, 7) is 0.932. The van der Waals surface area contributed by atoms with Crippen LogP contribution in [0.5, 0.6) is 0 Å². The molecule has 1 N–H and O–H groups in total. The summed E-state index contributed by atoms with van der Waals surface area (Å²) < 4.78 is 28.2. The molecule has 1 aromatic rings. The molecule has 0 radical (unpaired) electrons. The summed E-state index contributed by atoms with van der Waals surface area (Å²) in [6.07, 6.45) is 5.12. The van der Waals surface area contributed by atoms with Crippen molar-refractivity contribution in [3.63, 3.8) is 0 Å². The van der Waals surface area contributed by atoms with Crippen molar-refractivity contribution in [2.24, 2.45) is 11.8 Å². The molecule has 106 valence electrons. The van der Waals surface area contributed by atoms with E-state index in [1.165, 1.54) is 25.0 Å². The zero-order valence-electron chi connectivity index (χ0n) is 11.2. The van der Waals surface area contributed by atoms with Crippen molar-refractivity contribution in [2.75, 3.05) is 13.6 Å². The smallest absolute Gasteiger partial charge is 0.143 e. The van der Waals surface area contributed by atoms with Crippen LogP contribution >= 0.6 is 15.9 Å². The van der Waals surface area contributed by atoms with Gasteiger partial charge in [-0.25, -0.2) is 8.78 Å². The van der Waals surface area contributed by atoms with Gasteiger partial charge in [-0.2, -0.15) is 0 Å². The van der Waals surface area contributed by atoms with Gasteiger partial charge in [0.15, 0.2) is 0 Å². The molecule has 0 aromatic heterocycles. The molecule has 0 bridgehead atoms. The zero-order valence-corrected chi connectivity index (χ0v) is 12.8. The van der Waals surface area contributed by atoms with E-state index in [9.17, 15) is 8.78 Å². The van der Waals surface area contributed by atoms with Crippen molar-refractivity contribution in [3.8, 4) is 0 Å². The van der Waals surface area contributed by atoms with E-state index < -0.39 is 11.6 Å². The third-order valence-corrected chi connectivity index (χ3v) is 4.75. The summed E-state index contributed by atoms with van der Waals surface area (Å²) in [5.74, 6) is 0.0410. The Morgan fingerprint density at radius 2 is 1.89 bits per heavy atom. The average Bonchev–Trinajstić information content (AvgIpc) is 2.41. The first-order valence-electron chi connectivity index (χ1n) is 6.90. The number of hydrogen-bond donors (Lipinski definition) is 1. The van der Waals surface area contributed by atoms with Crippen molar-refractivity contribution in [2.45, 2.75) is 32.1 Å². The molecule has 2 atom stereocenters. The lowest BCUT2D eigenvalue weighted by atomic mass is 9.76. The molecule has 2 rings (SSSR count). The molecule has 1 aliphatic rings. The number of rotatable bonds is 4. The lowest BCUT2D eigenvalue weighted by Crippen LogP contribution is -2.30. The van der Waals surface area contributed by atoms with Gasteiger partial charge < -0.3 is 5.32 Å². The van der Waals surface area contributed by atoms with E-state index >= 15 is 0 Å². The van der Waals surface area contributed by atoms with Crippen LogP contribution in [0.15, 0.2) is 16.6 Å². The van der Waals surface area contributed by atoms with Gasteiger partial charge in [0.05, 0.1) is 4.47 Å². The summed E-state index contributed by atoms with van der Waals surface area (Å²) in [7, 11) is 1.94. The van der Waals surface area contributed by atoms with E-state index in [2.05, 4.69) is 21.2 Å². The molecule has 2 unspecified atom stereocenters. The second-order valence-electron chi connectivity index (χ2n) is 5.39. The normalized spacial score (nSPS) is 23.6. The molecule has 1 fully saturated rings. The van der Waals surface area contributed by atoms with Crippen LogP contribution < -0.4 is 5.32 Å². The van der Waals surface area contributed by atoms with Crippen LogP contribution in [-0.4, -0.2) is 13.6 Å². The van der Waals surface area contributed by atoms with Crippen LogP contribution in [0.1, 0.15) is 31.2 Å². The van der Waals surface area contributed by atoms with Crippen LogP contribution in [0.4, 0.5) is 8.78 Å². The molecule has 0 spiro atoms. The van der Waals surface area contributed by atoms with Gasteiger partial charge in [-0.1, -0.05) is 12.8 Å². The van der Waals surface area contributed by atoms with Gasteiger partial charge >= 0.3 is 0 Å². The predicted octanol–water partition coefficient (Wildman–Crippen LogP) is 4.30. The Balaban J connectivity index is 2.17. The molecular formula is C15H20BrF2N. The molecule has 0 amide bonds. The van der Waals surface area contributed by atoms with E-state index in [1.54, 1.807) is 0 Å². The van der Waals surface area contributed by atoms with E-state index in [4.69, 9.17) is 0 Å². The van der Waals surface area contributed by atoms with E-state index in [1.807, 2.05) is 7.05 Å². The third kappa shape index (κ3) is 3.54. The first kappa shape index (κ1) is 14.9. The molecule has 0 aliphatic heterocycles. The SMILES string of the molecule is CNCC1CCCCC1Cc1c(F)ccc(Br)c1F. The lowest BCUT2D eigenvalue weighted by Gasteiger charge is -2.31. The highest BCUT2D eigenvalue weighted by Gasteiger charge is 2.27. The topological polar surface area (TPSA) is 12.0 Å². The molecule has 0 saturated heterocycles. The summed E-state index contributed by atoms with van der Waals surface area (Å²) in [5.41, 5.74) is 0.238. The van der Waals surface area contributed by atoms with Gasteiger partial charge in [-0.3, -0.25) is 0 Å². The van der Waals surface area contributed by atoms with Crippen molar-refractivity contribution in [1.29, 1.82) is 0 Å². The Labute approximate surface area is 121 Å². The summed E-state index contributed by atoms with van der Waals surface area (Å²) in [5, 5.41) is 3.20. The monoisotopic (exact) mass is 331 g/mol. The van der Waals surface area contributed by atoms with Crippen molar-refractivity contribution in [1.82, 2.24) is 5.32 Å². The minimum absolute atomic E-state index is 0.238. The Bertz CT molecular complexity index is 434. The van der Waals surface area contributed by atoms with Crippen molar-refractivity contribution in [3.05, 3.63) is 33.8 Å². The van der Waals surface area contributed by atoms with E-state index in [0.717, 1.165) is 19.4 Å². The zero-order chi connectivity index (χ0) is 13.8. The molecule has 0 heterocycles. The minimum Gasteiger partial charge on any atom is -0.319 e. The number of halogens is 3. The highest BCUT2D eigenvalue weighted by atomic mass is 79.9. The fourth-order valence-electron chi connectivity index (χ4n) is 3.10. The minimum atomic E-state index is -0.436. The molecule has 1 aliphatic carbocycles. The molecular weight excluding hydrogens is 312 g/mol. The van der Waals surface area contributed by atoms with Crippen LogP contribution in [0.25, 0.3) is 0 Å². The van der Waals surface area contributed by atoms with Gasteiger partial charge in [-0.15, -0.1) is 0 Å². The third-order valence-electron chi connectivity index (χ3n) is 4.14. The summed E-state index contributed by atoms with van der Waals surface area (Å²) in [6, 6.07) is 2.78. The van der Waals surface area contributed by atoms with Crippen molar-refractivity contribution < 1.29 is 8.78 Å². The van der Waals surface area contributed by atoms with Gasteiger partial charge in [0.2, 0.25) is 0 Å². The van der Waals surface area contributed by atoms with Crippen LogP contribution in [0.2, 0.25) is 0 Å². The van der Waals surface area contributed by atoms with E-state index in [-0.39, 0.29) is 5.56 Å². The van der Waals surface area contributed by atoms with Gasteiger partial charge in [-0.05, 0) is 72.8 Å². The number of benzene rings is 1. The second-order valence-corrected chi connectivity index (χ2v) is 6.24. The molecule has 1 aromatic carbocycles. The van der Waals surface area contributed by atoms with Crippen molar-refractivity contribution >= 4 is 15.9 Å². The quantitative estimate of drug-likeness (QED) is 0.811. The Morgan fingerprint density at radius 1 is 1.21 bits per heavy atom. The van der Waals surface area contributed by atoms with Crippen LogP contribution in [0.3, 0.4) is 0 Å². The maximum Gasteiger partial charge on any atom is 0.143 e. The molecule has 4 heteroatoms. The molecule has 1 saturated carbocycles. The number of nitrogens with one attached hydrogen (secondary N) is 1. The fourth-order valence-corrected chi connectivity index (χ4v) is 3.47. The standard InChI is InChI=1S/C15H20BrF2N/c1-19-9-11-5-3-2-4-10(11)8-12-14(17)7-6-13(16)15(12)18/h6-7,10-11,19H,2-5,8-9H2,1H3. The Hall–Kier alpha value is -0.480. The largest absolute Gasteiger partial charge is 0.319 e. The Morgan fingerprint density at radius 3 is 2.58 bits per heavy atom. The highest BCUT2D eigenvalue weighted by Crippen LogP contribution is 2.34. The average molecular weight is 332 g/mol. The fraction of sp³-hybridized carbons (Fsp3) is 0.600. The maximum atomic E-state index is 14.0. The molecule has 1 nitrogen and oxygen atoms in total. The summed E-state index contributed by atoms with van der Waals surface area (Å²) >= 11 is 3.14. The molecule has 19 heavy (non-hydrogen) atoms. The lowest BCUT2D eigenvalue weighted by molar-refractivity contribution is 0.229. The summed E-state index contributed by atoms with van der Waals surface area (Å²) in [4.78, 5) is 0. The Kier molecular flexibility index (Phi) is 5.34. The highest BCUT2D eigenvalue weighted by molar-refractivity contribution is 9.10. The van der Waals surface area contributed by atoms with Crippen LogP contribution in [0, 0.1) is 23.5 Å². The van der Waals surface area contributed by atoms with Gasteiger partial charge in [0.1, 0.15) is 11.6 Å². The van der Waals surface area contributed by atoms with Crippen LogP contribution in [-0.2, 0) is 6.42 Å². The second kappa shape index (κ2) is 6.80. The first-order chi connectivity index (χ1) is 9.13. The predicted molar refractivity (Wildman–Crippen MR) is 77.1 cm³/mol. The number of hydrogen-bond acceptors (Lipinski definition) is 1.